The van der Waals surface area contributed by atoms with Crippen LogP contribution in [0.15, 0.2) is 72.8 Å². The van der Waals surface area contributed by atoms with Gasteiger partial charge in [-0.1, -0.05) is 74.5 Å². The number of rotatable bonds is 7. The molecule has 1 heterocycles. The summed E-state index contributed by atoms with van der Waals surface area (Å²) in [6, 6.07) is 21.1. The number of fused-ring (bicyclic) bond motifs is 3. The Morgan fingerprint density at radius 3 is 2.41 bits per heavy atom. The second-order valence-electron chi connectivity index (χ2n) is 10.7. The maximum absolute atomic E-state index is 14.9. The van der Waals surface area contributed by atoms with Crippen LogP contribution in [0.4, 0.5) is 8.78 Å². The highest BCUT2D eigenvalue weighted by Crippen LogP contribution is 2.48. The lowest BCUT2D eigenvalue weighted by Gasteiger charge is -2.23. The van der Waals surface area contributed by atoms with E-state index in [1.54, 1.807) is 36.4 Å². The van der Waals surface area contributed by atoms with Crippen molar-refractivity contribution in [1.82, 2.24) is 10.2 Å². The van der Waals surface area contributed by atoms with E-state index in [0.717, 1.165) is 27.2 Å². The van der Waals surface area contributed by atoms with E-state index in [0.29, 0.717) is 5.56 Å². The van der Waals surface area contributed by atoms with E-state index >= 15 is 0 Å². The number of hydrogen-bond acceptors (Lipinski definition) is 4. The Morgan fingerprint density at radius 2 is 1.67 bits per heavy atom. The number of amides is 2. The summed E-state index contributed by atoms with van der Waals surface area (Å²) in [7, 11) is 0. The molecule has 3 aromatic rings. The maximum atomic E-state index is 14.9. The minimum Gasteiger partial charge on any atom is -0.459 e. The summed E-state index contributed by atoms with van der Waals surface area (Å²) in [4.78, 5) is 39.7. The Balaban J connectivity index is 1.26. The van der Waals surface area contributed by atoms with E-state index in [9.17, 15) is 23.2 Å². The molecule has 0 unspecified atom stereocenters. The van der Waals surface area contributed by atoms with E-state index in [4.69, 9.17) is 4.74 Å². The molecule has 0 bridgehead atoms. The molecule has 1 fully saturated rings. The van der Waals surface area contributed by atoms with Crippen molar-refractivity contribution < 1.29 is 27.9 Å². The normalized spacial score (nSPS) is 20.7. The maximum Gasteiger partial charge on any atom is 0.329 e. The summed E-state index contributed by atoms with van der Waals surface area (Å²) >= 11 is 0. The topological polar surface area (TPSA) is 75.7 Å². The number of carbonyl (C=O) groups is 3. The van der Waals surface area contributed by atoms with E-state index in [1.807, 2.05) is 30.3 Å². The Hall–Kier alpha value is -4.07. The van der Waals surface area contributed by atoms with Gasteiger partial charge in [0.15, 0.2) is 5.67 Å². The van der Waals surface area contributed by atoms with Crippen LogP contribution in [0.2, 0.25) is 0 Å². The fourth-order valence-electron chi connectivity index (χ4n) is 5.55. The van der Waals surface area contributed by atoms with Gasteiger partial charge >= 0.3 is 5.97 Å². The van der Waals surface area contributed by atoms with E-state index in [-0.39, 0.29) is 12.0 Å². The summed E-state index contributed by atoms with van der Waals surface area (Å²) in [6.07, 6.45) is -0.503. The van der Waals surface area contributed by atoms with Crippen molar-refractivity contribution >= 4 is 17.8 Å². The molecule has 2 amide bonds. The molecule has 0 spiro atoms. The van der Waals surface area contributed by atoms with Crippen molar-refractivity contribution in [1.29, 1.82) is 0 Å². The molecule has 2 aliphatic rings. The van der Waals surface area contributed by atoms with Crippen molar-refractivity contribution in [3.63, 3.8) is 0 Å². The summed E-state index contributed by atoms with van der Waals surface area (Å²) < 4.78 is 33.7. The molecule has 0 radical (unpaired) electrons. The van der Waals surface area contributed by atoms with Crippen LogP contribution >= 0.6 is 0 Å². The second kappa shape index (κ2) is 10.2. The van der Waals surface area contributed by atoms with Crippen LogP contribution in [0, 0.1) is 0 Å². The smallest absolute Gasteiger partial charge is 0.329 e. The molecule has 1 N–H and O–H groups in total. The van der Waals surface area contributed by atoms with Crippen LogP contribution in [-0.2, 0) is 26.3 Å². The zero-order chi connectivity index (χ0) is 27.8. The Kier molecular flexibility index (Phi) is 6.97. The molecule has 0 aromatic heterocycles. The molecular formula is C31H30F2N2O4. The number of likely N-dealkylation sites (tertiary alicyclic amines) is 1. The van der Waals surface area contributed by atoms with Gasteiger partial charge in [-0.3, -0.25) is 9.59 Å². The van der Waals surface area contributed by atoms with Gasteiger partial charge in [-0.2, -0.15) is 0 Å². The molecular weight excluding hydrogens is 502 g/mol. The Labute approximate surface area is 226 Å². The number of esters is 1. The number of benzene rings is 3. The van der Waals surface area contributed by atoms with Crippen LogP contribution in [0.25, 0.3) is 11.1 Å². The SMILES string of the molecule is CC1(C)c2ccccc2-c2cc(C(=O)NCC(=O)N3C[C@@](F)(CF)C[C@H]3C(=O)OCc3ccccc3)ccc21. The number of alkyl halides is 2. The zero-order valence-electron chi connectivity index (χ0n) is 21.9. The molecule has 2 atom stereocenters. The largest absolute Gasteiger partial charge is 0.459 e. The minimum absolute atomic E-state index is 0.0535. The average Bonchev–Trinajstić information content (AvgIpc) is 3.43. The number of hydrogen-bond donors (Lipinski definition) is 1. The predicted octanol–water partition coefficient (Wildman–Crippen LogP) is 4.74. The number of nitrogens with zero attached hydrogens (tertiary/aromatic N) is 1. The number of nitrogens with one attached hydrogen (secondary N) is 1. The van der Waals surface area contributed by atoms with Gasteiger partial charge in [-0.15, -0.1) is 0 Å². The second-order valence-corrected chi connectivity index (χ2v) is 10.7. The quantitative estimate of drug-likeness (QED) is 0.446. The van der Waals surface area contributed by atoms with Crippen LogP contribution < -0.4 is 5.32 Å². The first-order valence-electron chi connectivity index (χ1n) is 12.9. The van der Waals surface area contributed by atoms with Gasteiger partial charge in [0, 0.05) is 17.4 Å². The molecule has 3 aromatic carbocycles. The van der Waals surface area contributed by atoms with Crippen molar-refractivity contribution in [2.24, 2.45) is 0 Å². The molecule has 5 rings (SSSR count). The van der Waals surface area contributed by atoms with Gasteiger partial charge in [0.05, 0.1) is 13.1 Å². The van der Waals surface area contributed by atoms with Gasteiger partial charge in [-0.05, 0) is 39.9 Å². The number of halogens is 2. The highest BCUT2D eigenvalue weighted by molar-refractivity contribution is 5.99. The monoisotopic (exact) mass is 532 g/mol. The lowest BCUT2D eigenvalue weighted by Crippen LogP contribution is -2.46. The molecule has 1 aliphatic carbocycles. The summed E-state index contributed by atoms with van der Waals surface area (Å²) in [5, 5.41) is 2.58. The van der Waals surface area contributed by atoms with Gasteiger partial charge in [0.25, 0.3) is 5.91 Å². The van der Waals surface area contributed by atoms with Gasteiger partial charge < -0.3 is 15.0 Å². The van der Waals surface area contributed by atoms with Gasteiger partial charge in [0.2, 0.25) is 5.91 Å². The fraction of sp³-hybridized carbons (Fsp3) is 0.323. The van der Waals surface area contributed by atoms with Crippen LogP contribution in [-0.4, -0.2) is 54.2 Å². The number of carbonyl (C=O) groups excluding carboxylic acids is 3. The van der Waals surface area contributed by atoms with Crippen LogP contribution in [0.1, 0.15) is 47.3 Å². The van der Waals surface area contributed by atoms with E-state index < -0.39 is 55.7 Å². The first-order chi connectivity index (χ1) is 18.6. The van der Waals surface area contributed by atoms with E-state index in [2.05, 4.69) is 25.2 Å². The van der Waals surface area contributed by atoms with Crippen molar-refractivity contribution in [2.75, 3.05) is 19.8 Å². The zero-order valence-corrected chi connectivity index (χ0v) is 21.9. The van der Waals surface area contributed by atoms with Crippen LogP contribution in [0.3, 0.4) is 0 Å². The highest BCUT2D eigenvalue weighted by atomic mass is 19.2. The summed E-state index contributed by atoms with van der Waals surface area (Å²) in [5.41, 5.74) is 2.85. The highest BCUT2D eigenvalue weighted by Gasteiger charge is 2.50. The third kappa shape index (κ3) is 5.03. The first kappa shape index (κ1) is 26.5. The molecule has 6 nitrogen and oxygen atoms in total. The van der Waals surface area contributed by atoms with Gasteiger partial charge in [-0.25, -0.2) is 13.6 Å². The first-order valence-corrected chi connectivity index (χ1v) is 12.9. The third-order valence-electron chi connectivity index (χ3n) is 7.69. The fourth-order valence-corrected chi connectivity index (χ4v) is 5.55. The molecule has 39 heavy (non-hydrogen) atoms. The van der Waals surface area contributed by atoms with Crippen molar-refractivity contribution in [3.05, 3.63) is 95.1 Å². The average molecular weight is 533 g/mol. The molecule has 1 saturated heterocycles. The molecule has 0 saturated carbocycles. The Morgan fingerprint density at radius 1 is 0.974 bits per heavy atom. The minimum atomic E-state index is -2.35. The predicted molar refractivity (Wildman–Crippen MR) is 143 cm³/mol. The van der Waals surface area contributed by atoms with Crippen molar-refractivity contribution in [2.45, 2.75) is 44.0 Å². The van der Waals surface area contributed by atoms with Gasteiger partial charge in [0.1, 0.15) is 19.3 Å². The number of ether oxygens (including phenoxy) is 1. The molecule has 202 valence electrons. The lowest BCUT2D eigenvalue weighted by molar-refractivity contribution is -0.154. The summed E-state index contributed by atoms with van der Waals surface area (Å²) in [6.45, 7) is 1.82. The standard InChI is InChI=1S/C31H30F2N2O4/c1-30(2)24-11-7-6-10-22(24)23-14-21(12-13-25(23)30)28(37)34-16-27(36)35-19-31(33,18-32)15-26(35)29(38)39-17-20-8-4-3-5-9-20/h3-14,26H,15-19H2,1-2H3,(H,34,37)/t26-,31-/m0/s1. The third-order valence-corrected chi connectivity index (χ3v) is 7.69. The van der Waals surface area contributed by atoms with E-state index in [1.165, 1.54) is 5.56 Å². The van der Waals surface area contributed by atoms with Crippen LogP contribution in [0.5, 0.6) is 0 Å². The molecule has 8 heteroatoms. The Bertz CT molecular complexity index is 1430. The lowest BCUT2D eigenvalue weighted by atomic mass is 9.82. The van der Waals surface area contributed by atoms with Crippen molar-refractivity contribution in [3.8, 4) is 11.1 Å². The summed E-state index contributed by atoms with van der Waals surface area (Å²) in [5.74, 6) is -1.98. The molecule has 1 aliphatic heterocycles.